The highest BCUT2D eigenvalue weighted by molar-refractivity contribution is 5.28. The van der Waals surface area contributed by atoms with Gasteiger partial charge in [0.15, 0.2) is 0 Å². The van der Waals surface area contributed by atoms with E-state index in [2.05, 4.69) is 43.4 Å². The Hall–Kier alpha value is -0.820. The third kappa shape index (κ3) is 3.64. The second-order valence-corrected chi connectivity index (χ2v) is 5.36. The Labute approximate surface area is 99.3 Å². The molecule has 0 aromatic heterocycles. The highest BCUT2D eigenvalue weighted by Gasteiger charge is 2.22. The third-order valence-electron chi connectivity index (χ3n) is 3.17. The van der Waals surface area contributed by atoms with Crippen LogP contribution >= 0.6 is 0 Å². The van der Waals surface area contributed by atoms with Gasteiger partial charge in [0.2, 0.25) is 0 Å². The zero-order valence-electron chi connectivity index (χ0n) is 10.5. The van der Waals surface area contributed by atoms with E-state index in [1.165, 1.54) is 18.4 Å². The van der Waals surface area contributed by atoms with Crippen LogP contribution in [0.25, 0.3) is 0 Å². The van der Waals surface area contributed by atoms with Gasteiger partial charge >= 0.3 is 0 Å². The zero-order valence-corrected chi connectivity index (χ0v) is 10.5. The molecule has 88 valence electrons. The van der Waals surface area contributed by atoms with E-state index in [0.29, 0.717) is 0 Å². The smallest absolute Gasteiger partial charge is 0.000824 e. The molecule has 1 aromatic carbocycles. The fourth-order valence-electron chi connectivity index (χ4n) is 2.00. The van der Waals surface area contributed by atoms with Crippen molar-refractivity contribution in [3.8, 4) is 0 Å². The minimum Gasteiger partial charge on any atom is -0.316 e. The highest BCUT2D eigenvalue weighted by Crippen LogP contribution is 2.39. The van der Waals surface area contributed by atoms with E-state index < -0.39 is 0 Å². The molecule has 0 aliphatic heterocycles. The van der Waals surface area contributed by atoms with Crippen molar-refractivity contribution in [1.82, 2.24) is 5.32 Å². The quantitative estimate of drug-likeness (QED) is 0.721. The van der Waals surface area contributed by atoms with Crippen molar-refractivity contribution in [1.29, 1.82) is 0 Å². The molecule has 1 N–H and O–H groups in total. The van der Waals surface area contributed by atoms with Gasteiger partial charge in [0.1, 0.15) is 0 Å². The predicted molar refractivity (Wildman–Crippen MR) is 69.8 cm³/mol. The van der Waals surface area contributed by atoms with Crippen LogP contribution in [0.4, 0.5) is 0 Å². The summed E-state index contributed by atoms with van der Waals surface area (Å²) in [5, 5.41) is 3.48. The molecule has 1 saturated carbocycles. The molecule has 16 heavy (non-hydrogen) atoms. The molecule has 1 nitrogen and oxygen atoms in total. The lowest BCUT2D eigenvalue weighted by Crippen LogP contribution is -2.22. The first kappa shape index (κ1) is 11.7. The fourth-order valence-corrected chi connectivity index (χ4v) is 2.00. The highest BCUT2D eigenvalue weighted by atomic mass is 14.8. The maximum absolute atomic E-state index is 3.48. The van der Waals surface area contributed by atoms with E-state index >= 15 is 0 Å². The first-order valence-corrected chi connectivity index (χ1v) is 6.55. The summed E-state index contributed by atoms with van der Waals surface area (Å²) in [6, 6.07) is 9.22. The second kappa shape index (κ2) is 5.49. The van der Waals surface area contributed by atoms with Crippen LogP contribution in [0.2, 0.25) is 0 Å². The normalized spacial score (nSPS) is 15.7. The topological polar surface area (TPSA) is 12.0 Å². The largest absolute Gasteiger partial charge is 0.316 e. The van der Waals surface area contributed by atoms with Gasteiger partial charge < -0.3 is 5.32 Å². The van der Waals surface area contributed by atoms with Gasteiger partial charge in [0, 0.05) is 0 Å². The zero-order chi connectivity index (χ0) is 11.4. The SMILES string of the molecule is CC(C)CNCCc1ccc(C2CC2)cc1. The number of benzene rings is 1. The summed E-state index contributed by atoms with van der Waals surface area (Å²) in [7, 11) is 0. The summed E-state index contributed by atoms with van der Waals surface area (Å²) in [5.41, 5.74) is 3.00. The van der Waals surface area contributed by atoms with Crippen molar-refractivity contribution >= 4 is 0 Å². The van der Waals surface area contributed by atoms with Crippen molar-refractivity contribution < 1.29 is 0 Å². The van der Waals surface area contributed by atoms with Crippen LogP contribution < -0.4 is 5.32 Å². The second-order valence-electron chi connectivity index (χ2n) is 5.36. The molecule has 0 radical (unpaired) electrons. The summed E-state index contributed by atoms with van der Waals surface area (Å²) in [4.78, 5) is 0. The van der Waals surface area contributed by atoms with Crippen molar-refractivity contribution in [2.45, 2.75) is 39.0 Å². The van der Waals surface area contributed by atoms with Gasteiger partial charge in [0.05, 0.1) is 0 Å². The molecule has 2 rings (SSSR count). The van der Waals surface area contributed by atoms with Crippen LogP contribution in [0.15, 0.2) is 24.3 Å². The average Bonchev–Trinajstić information content (AvgIpc) is 3.09. The predicted octanol–water partition coefficient (Wildman–Crippen LogP) is 3.35. The van der Waals surface area contributed by atoms with Gasteiger partial charge in [-0.1, -0.05) is 38.1 Å². The third-order valence-corrected chi connectivity index (χ3v) is 3.17. The molecule has 1 aromatic rings. The summed E-state index contributed by atoms with van der Waals surface area (Å²) >= 11 is 0. The van der Waals surface area contributed by atoms with Crippen molar-refractivity contribution in [2.75, 3.05) is 13.1 Å². The average molecular weight is 217 g/mol. The Bertz CT molecular complexity index is 309. The summed E-state index contributed by atoms with van der Waals surface area (Å²) < 4.78 is 0. The van der Waals surface area contributed by atoms with E-state index in [-0.39, 0.29) is 0 Å². The van der Waals surface area contributed by atoms with Crippen LogP contribution in [0, 0.1) is 5.92 Å². The number of hydrogen-bond acceptors (Lipinski definition) is 1. The molecule has 0 unspecified atom stereocenters. The van der Waals surface area contributed by atoms with E-state index in [4.69, 9.17) is 0 Å². The monoisotopic (exact) mass is 217 g/mol. The summed E-state index contributed by atoms with van der Waals surface area (Å²) in [5.74, 6) is 1.63. The lowest BCUT2D eigenvalue weighted by molar-refractivity contribution is 0.554. The standard InChI is InChI=1S/C15H23N/c1-12(2)11-16-10-9-13-3-5-14(6-4-13)15-7-8-15/h3-6,12,15-16H,7-11H2,1-2H3. The van der Waals surface area contributed by atoms with Gasteiger partial charge in [0.25, 0.3) is 0 Å². The first-order chi connectivity index (χ1) is 7.75. The molecule has 0 atom stereocenters. The van der Waals surface area contributed by atoms with Crippen LogP contribution in [-0.4, -0.2) is 13.1 Å². The summed E-state index contributed by atoms with van der Waals surface area (Å²) in [6.45, 7) is 6.72. The van der Waals surface area contributed by atoms with Crippen LogP contribution in [-0.2, 0) is 6.42 Å². The fraction of sp³-hybridized carbons (Fsp3) is 0.600. The number of nitrogens with one attached hydrogen (secondary N) is 1. The maximum Gasteiger partial charge on any atom is -0.000824 e. The molecule has 0 saturated heterocycles. The molecule has 0 amide bonds. The van der Waals surface area contributed by atoms with Crippen LogP contribution in [0.5, 0.6) is 0 Å². The molecule has 1 heteroatoms. The van der Waals surface area contributed by atoms with Crippen molar-refractivity contribution in [3.63, 3.8) is 0 Å². The molecular formula is C15H23N. The van der Waals surface area contributed by atoms with Gasteiger partial charge in [-0.2, -0.15) is 0 Å². The minimum absolute atomic E-state index is 0.747. The molecule has 0 bridgehead atoms. The van der Waals surface area contributed by atoms with Crippen molar-refractivity contribution in [2.24, 2.45) is 5.92 Å². The first-order valence-electron chi connectivity index (χ1n) is 6.55. The van der Waals surface area contributed by atoms with Gasteiger partial charge in [-0.05, 0) is 55.3 Å². The lowest BCUT2D eigenvalue weighted by Gasteiger charge is -2.07. The Morgan fingerprint density at radius 3 is 2.44 bits per heavy atom. The van der Waals surface area contributed by atoms with Gasteiger partial charge in [-0.3, -0.25) is 0 Å². The minimum atomic E-state index is 0.747. The number of rotatable bonds is 6. The van der Waals surface area contributed by atoms with Gasteiger partial charge in [-0.15, -0.1) is 0 Å². The Morgan fingerprint density at radius 1 is 1.19 bits per heavy atom. The molecule has 1 aliphatic carbocycles. The molecule has 0 heterocycles. The lowest BCUT2D eigenvalue weighted by atomic mass is 10.1. The molecular weight excluding hydrogens is 194 g/mol. The van der Waals surface area contributed by atoms with E-state index in [9.17, 15) is 0 Å². The Balaban J connectivity index is 1.72. The van der Waals surface area contributed by atoms with Gasteiger partial charge in [-0.25, -0.2) is 0 Å². The Morgan fingerprint density at radius 2 is 1.88 bits per heavy atom. The van der Waals surface area contributed by atoms with E-state index in [1.807, 2.05) is 0 Å². The van der Waals surface area contributed by atoms with Crippen LogP contribution in [0.1, 0.15) is 43.7 Å². The maximum atomic E-state index is 3.48. The van der Waals surface area contributed by atoms with E-state index in [1.54, 1.807) is 5.56 Å². The number of hydrogen-bond donors (Lipinski definition) is 1. The molecule has 1 fully saturated rings. The summed E-state index contributed by atoms with van der Waals surface area (Å²) in [6.07, 6.45) is 3.95. The molecule has 1 aliphatic rings. The van der Waals surface area contributed by atoms with E-state index in [0.717, 1.165) is 31.3 Å². The van der Waals surface area contributed by atoms with Crippen LogP contribution in [0.3, 0.4) is 0 Å². The van der Waals surface area contributed by atoms with Crippen molar-refractivity contribution in [3.05, 3.63) is 35.4 Å². The Kier molecular flexibility index (Phi) is 4.00. The molecule has 0 spiro atoms.